The topological polar surface area (TPSA) is 107 Å². The van der Waals surface area contributed by atoms with Crippen LogP contribution < -0.4 is 15.7 Å². The van der Waals surface area contributed by atoms with Gasteiger partial charge in [0.25, 0.3) is 0 Å². The summed E-state index contributed by atoms with van der Waals surface area (Å²) in [4.78, 5) is 27.5. The molecule has 0 aliphatic rings. The van der Waals surface area contributed by atoms with Gasteiger partial charge < -0.3 is 20.1 Å². The van der Waals surface area contributed by atoms with Crippen LogP contribution in [0.3, 0.4) is 0 Å². The summed E-state index contributed by atoms with van der Waals surface area (Å²) in [5.74, 6) is 0.949. The Balaban J connectivity index is 1.45. The maximum absolute atomic E-state index is 11.9. The zero-order chi connectivity index (χ0) is 19.2. The second kappa shape index (κ2) is 8.27. The first kappa shape index (κ1) is 18.3. The summed E-state index contributed by atoms with van der Waals surface area (Å²) in [5.41, 5.74) is 1.88. The van der Waals surface area contributed by atoms with Crippen molar-refractivity contribution >= 4 is 5.91 Å². The first-order chi connectivity index (χ1) is 13.0. The number of carbonyl (C=O) groups is 1. The van der Waals surface area contributed by atoms with Gasteiger partial charge in [-0.1, -0.05) is 29.8 Å². The molecule has 4 N–H and O–H groups in total. The third kappa shape index (κ3) is 5.24. The molecule has 0 atom stereocenters. The van der Waals surface area contributed by atoms with Crippen molar-refractivity contribution in [3.05, 3.63) is 75.8 Å². The maximum atomic E-state index is 11.9. The number of imidazole rings is 1. The van der Waals surface area contributed by atoms with Crippen molar-refractivity contribution in [3.8, 4) is 17.4 Å². The number of carbonyl (C=O) groups excluding carboxylic acids is 1. The molecule has 0 saturated carbocycles. The van der Waals surface area contributed by atoms with E-state index in [-0.39, 0.29) is 23.9 Å². The van der Waals surface area contributed by atoms with Crippen LogP contribution >= 0.6 is 0 Å². The number of aromatic nitrogens is 2. The standard InChI is InChI=1S/C20H21N3O4/c1-13-2-6-15(7-3-13)27-16-8-4-14(5-9-16)10-11-21-18(24)12-17-19(25)23-20(26)22-17/h2-9,25H,10-12H2,1H3,(H,21,24)(H2,22,23,26). The fourth-order valence-electron chi connectivity index (χ4n) is 2.57. The minimum Gasteiger partial charge on any atom is -0.493 e. The van der Waals surface area contributed by atoms with Crippen LogP contribution in [0.4, 0.5) is 0 Å². The summed E-state index contributed by atoms with van der Waals surface area (Å²) in [7, 11) is 0. The highest BCUT2D eigenvalue weighted by atomic mass is 16.5. The Hall–Kier alpha value is -3.48. The van der Waals surface area contributed by atoms with Gasteiger partial charge in [0.1, 0.15) is 11.5 Å². The number of hydrogen-bond acceptors (Lipinski definition) is 4. The van der Waals surface area contributed by atoms with E-state index in [2.05, 4.69) is 15.3 Å². The number of benzene rings is 2. The Bertz CT molecular complexity index is 956. The van der Waals surface area contributed by atoms with Crippen molar-refractivity contribution in [3.63, 3.8) is 0 Å². The molecule has 1 heterocycles. The Kier molecular flexibility index (Phi) is 5.61. The predicted molar refractivity (Wildman–Crippen MR) is 101 cm³/mol. The van der Waals surface area contributed by atoms with E-state index in [1.807, 2.05) is 55.5 Å². The van der Waals surface area contributed by atoms with Gasteiger partial charge in [-0.25, -0.2) is 4.79 Å². The number of aromatic hydroxyl groups is 1. The van der Waals surface area contributed by atoms with E-state index in [4.69, 9.17) is 4.74 Å². The van der Waals surface area contributed by atoms with Crippen molar-refractivity contribution in [2.24, 2.45) is 0 Å². The van der Waals surface area contributed by atoms with E-state index in [0.717, 1.165) is 17.1 Å². The van der Waals surface area contributed by atoms with Crippen LogP contribution in [0.2, 0.25) is 0 Å². The Morgan fingerprint density at radius 2 is 1.67 bits per heavy atom. The number of nitrogens with one attached hydrogen (secondary N) is 3. The molecule has 140 valence electrons. The summed E-state index contributed by atoms with van der Waals surface area (Å²) >= 11 is 0. The van der Waals surface area contributed by atoms with Gasteiger partial charge in [0, 0.05) is 6.54 Å². The highest BCUT2D eigenvalue weighted by molar-refractivity contribution is 5.78. The summed E-state index contributed by atoms with van der Waals surface area (Å²) < 4.78 is 5.79. The highest BCUT2D eigenvalue weighted by Gasteiger charge is 2.10. The van der Waals surface area contributed by atoms with E-state index in [9.17, 15) is 14.7 Å². The molecule has 0 fully saturated rings. The number of rotatable bonds is 7. The molecule has 0 spiro atoms. The Labute approximate surface area is 156 Å². The lowest BCUT2D eigenvalue weighted by atomic mass is 10.1. The van der Waals surface area contributed by atoms with Crippen molar-refractivity contribution in [1.29, 1.82) is 0 Å². The smallest absolute Gasteiger partial charge is 0.325 e. The molecule has 7 nitrogen and oxygen atoms in total. The fraction of sp³-hybridized carbons (Fsp3) is 0.200. The van der Waals surface area contributed by atoms with Crippen LogP contribution in [0, 0.1) is 6.92 Å². The largest absolute Gasteiger partial charge is 0.493 e. The van der Waals surface area contributed by atoms with Gasteiger partial charge in [-0.05, 0) is 43.2 Å². The molecule has 27 heavy (non-hydrogen) atoms. The molecule has 3 rings (SSSR count). The highest BCUT2D eigenvalue weighted by Crippen LogP contribution is 2.22. The average Bonchev–Trinajstić information content (AvgIpc) is 2.95. The monoisotopic (exact) mass is 367 g/mol. The van der Waals surface area contributed by atoms with E-state index < -0.39 is 5.69 Å². The number of ether oxygens (including phenoxy) is 1. The quantitative estimate of drug-likeness (QED) is 0.514. The second-order valence-corrected chi connectivity index (χ2v) is 6.24. The number of hydrogen-bond donors (Lipinski definition) is 4. The predicted octanol–water partition coefficient (Wildman–Crippen LogP) is 2.41. The molecule has 0 saturated heterocycles. The Morgan fingerprint density at radius 1 is 1.04 bits per heavy atom. The van der Waals surface area contributed by atoms with Gasteiger partial charge in [-0.15, -0.1) is 0 Å². The van der Waals surface area contributed by atoms with Crippen LogP contribution in [-0.2, 0) is 17.6 Å². The first-order valence-corrected chi connectivity index (χ1v) is 8.60. The SMILES string of the molecule is Cc1ccc(Oc2ccc(CCNC(=O)Cc3[nH]c(=O)[nH]c3O)cc2)cc1. The third-order valence-corrected chi connectivity index (χ3v) is 4.04. The molecule has 1 amide bonds. The van der Waals surface area contributed by atoms with Crippen molar-refractivity contribution in [2.45, 2.75) is 19.8 Å². The molecule has 3 aromatic rings. The number of aromatic amines is 2. The second-order valence-electron chi connectivity index (χ2n) is 6.24. The molecule has 0 unspecified atom stereocenters. The number of H-pyrrole nitrogens is 2. The van der Waals surface area contributed by atoms with Crippen LogP contribution in [0.1, 0.15) is 16.8 Å². The molecule has 0 aliphatic heterocycles. The van der Waals surface area contributed by atoms with Crippen molar-refractivity contribution in [2.75, 3.05) is 6.54 Å². The minimum atomic E-state index is -0.539. The maximum Gasteiger partial charge on any atom is 0.325 e. The summed E-state index contributed by atoms with van der Waals surface area (Å²) in [6.07, 6.45) is 0.570. The van der Waals surface area contributed by atoms with Crippen LogP contribution in [0.5, 0.6) is 17.4 Å². The van der Waals surface area contributed by atoms with E-state index in [1.165, 1.54) is 5.56 Å². The Morgan fingerprint density at radius 3 is 2.26 bits per heavy atom. The van der Waals surface area contributed by atoms with Gasteiger partial charge in [0.05, 0.1) is 12.1 Å². The lowest BCUT2D eigenvalue weighted by Crippen LogP contribution is -2.27. The molecule has 7 heteroatoms. The summed E-state index contributed by atoms with van der Waals surface area (Å²) in [6.45, 7) is 2.48. The molecule has 0 bridgehead atoms. The van der Waals surface area contributed by atoms with E-state index in [0.29, 0.717) is 13.0 Å². The molecular weight excluding hydrogens is 346 g/mol. The third-order valence-electron chi connectivity index (χ3n) is 4.04. The lowest BCUT2D eigenvalue weighted by molar-refractivity contribution is -0.120. The number of aryl methyl sites for hydroxylation is 1. The molecule has 0 radical (unpaired) electrons. The molecule has 2 aromatic carbocycles. The van der Waals surface area contributed by atoms with E-state index >= 15 is 0 Å². The van der Waals surface area contributed by atoms with E-state index in [1.54, 1.807) is 0 Å². The van der Waals surface area contributed by atoms with Crippen LogP contribution in [0.25, 0.3) is 0 Å². The van der Waals surface area contributed by atoms with Crippen LogP contribution in [0.15, 0.2) is 53.3 Å². The normalized spacial score (nSPS) is 10.6. The van der Waals surface area contributed by atoms with Gasteiger partial charge in [0.15, 0.2) is 0 Å². The van der Waals surface area contributed by atoms with Crippen molar-refractivity contribution in [1.82, 2.24) is 15.3 Å². The zero-order valence-corrected chi connectivity index (χ0v) is 14.9. The average molecular weight is 367 g/mol. The summed E-state index contributed by atoms with van der Waals surface area (Å²) in [5, 5.41) is 12.2. The molecule has 0 aliphatic carbocycles. The summed E-state index contributed by atoms with van der Waals surface area (Å²) in [6, 6.07) is 15.5. The molecule has 1 aromatic heterocycles. The number of amides is 1. The van der Waals surface area contributed by atoms with Crippen LogP contribution in [-0.4, -0.2) is 27.5 Å². The minimum absolute atomic E-state index is 0.0894. The first-order valence-electron chi connectivity index (χ1n) is 8.60. The zero-order valence-electron chi connectivity index (χ0n) is 14.9. The lowest BCUT2D eigenvalue weighted by Gasteiger charge is -2.08. The van der Waals surface area contributed by atoms with Gasteiger partial charge in [-0.2, -0.15) is 0 Å². The van der Waals surface area contributed by atoms with Gasteiger partial charge >= 0.3 is 5.69 Å². The van der Waals surface area contributed by atoms with Gasteiger partial charge in [-0.3, -0.25) is 9.78 Å². The molecular formula is C20H21N3O4. The van der Waals surface area contributed by atoms with Gasteiger partial charge in [0.2, 0.25) is 11.8 Å². The fourth-order valence-corrected chi connectivity index (χ4v) is 2.57. The van der Waals surface area contributed by atoms with Crippen molar-refractivity contribution < 1.29 is 14.6 Å².